The van der Waals surface area contributed by atoms with Gasteiger partial charge in [0.15, 0.2) is 11.5 Å². The highest BCUT2D eigenvalue weighted by Gasteiger charge is 2.21. The topological polar surface area (TPSA) is 47.9 Å². The van der Waals surface area contributed by atoms with Gasteiger partial charge < -0.3 is 19.3 Å². The summed E-state index contributed by atoms with van der Waals surface area (Å²) in [5.74, 6) is 1.55. The van der Waals surface area contributed by atoms with E-state index in [1.807, 2.05) is 12.1 Å². The fraction of sp³-hybridized carbons (Fsp3) is 0.250. The molecule has 2 aromatic carbocycles. The van der Waals surface area contributed by atoms with E-state index >= 15 is 0 Å². The van der Waals surface area contributed by atoms with Crippen LogP contribution in [0.15, 0.2) is 36.4 Å². The van der Waals surface area contributed by atoms with Crippen LogP contribution >= 0.6 is 11.6 Å². The van der Waals surface area contributed by atoms with Crippen molar-refractivity contribution in [2.24, 2.45) is 0 Å². The number of hydrogen-bond acceptors (Lipinski definition) is 4. The molecule has 112 valence electrons. The van der Waals surface area contributed by atoms with Gasteiger partial charge >= 0.3 is 0 Å². The zero-order valence-electron chi connectivity index (χ0n) is 12.1. The highest BCUT2D eigenvalue weighted by molar-refractivity contribution is 6.31. The highest BCUT2D eigenvalue weighted by Crippen LogP contribution is 2.40. The van der Waals surface area contributed by atoms with Crippen LogP contribution in [0.4, 0.5) is 0 Å². The van der Waals surface area contributed by atoms with Crippen LogP contribution in [0.5, 0.6) is 17.2 Å². The maximum atomic E-state index is 10.6. The zero-order valence-corrected chi connectivity index (χ0v) is 12.8. The first kappa shape index (κ1) is 15.5. The summed E-state index contributed by atoms with van der Waals surface area (Å²) in [6.07, 6.45) is -0.923. The molecule has 0 bridgehead atoms. The Morgan fingerprint density at radius 3 is 2.00 bits per heavy atom. The average Bonchev–Trinajstić information content (AvgIpc) is 2.53. The van der Waals surface area contributed by atoms with E-state index in [1.54, 1.807) is 31.4 Å². The Morgan fingerprint density at radius 1 is 0.857 bits per heavy atom. The second kappa shape index (κ2) is 6.70. The Hall–Kier alpha value is -1.91. The van der Waals surface area contributed by atoms with Crippen molar-refractivity contribution in [3.8, 4) is 17.2 Å². The molecule has 0 amide bonds. The Labute approximate surface area is 128 Å². The number of benzene rings is 2. The molecule has 2 aromatic rings. The molecular weight excluding hydrogens is 292 g/mol. The third-order valence-electron chi connectivity index (χ3n) is 3.23. The van der Waals surface area contributed by atoms with Gasteiger partial charge in [0.05, 0.1) is 21.3 Å². The van der Waals surface area contributed by atoms with Crippen molar-refractivity contribution in [2.45, 2.75) is 6.10 Å². The summed E-state index contributed by atoms with van der Waals surface area (Å²) in [6, 6.07) is 10.5. The Kier molecular flexibility index (Phi) is 4.94. The third kappa shape index (κ3) is 3.06. The second-order valence-corrected chi connectivity index (χ2v) is 4.78. The van der Waals surface area contributed by atoms with Crippen LogP contribution < -0.4 is 14.2 Å². The van der Waals surface area contributed by atoms with Gasteiger partial charge in [0.2, 0.25) is 0 Å². The van der Waals surface area contributed by atoms with Gasteiger partial charge in [0, 0.05) is 22.2 Å². The number of rotatable bonds is 5. The minimum absolute atomic E-state index is 0.488. The number of halogens is 1. The molecule has 1 N–H and O–H groups in total. The molecule has 0 aliphatic rings. The van der Waals surface area contributed by atoms with Crippen LogP contribution in [0.2, 0.25) is 5.02 Å². The van der Waals surface area contributed by atoms with E-state index in [0.717, 1.165) is 0 Å². The largest absolute Gasteiger partial charge is 0.496 e. The minimum Gasteiger partial charge on any atom is -0.496 e. The quantitative estimate of drug-likeness (QED) is 0.919. The number of ether oxygens (including phenoxy) is 3. The van der Waals surface area contributed by atoms with Gasteiger partial charge in [-0.1, -0.05) is 29.8 Å². The third-order valence-corrected chi connectivity index (χ3v) is 3.57. The monoisotopic (exact) mass is 308 g/mol. The lowest BCUT2D eigenvalue weighted by molar-refractivity contribution is 0.213. The van der Waals surface area contributed by atoms with Crippen LogP contribution in [0, 0.1) is 0 Å². The number of aliphatic hydroxyl groups excluding tert-OH is 1. The predicted octanol–water partition coefficient (Wildman–Crippen LogP) is 3.45. The van der Waals surface area contributed by atoms with Gasteiger partial charge in [0.25, 0.3) is 0 Å². The van der Waals surface area contributed by atoms with Crippen LogP contribution in [0.25, 0.3) is 0 Å². The van der Waals surface area contributed by atoms with E-state index in [9.17, 15) is 5.11 Å². The van der Waals surface area contributed by atoms with E-state index in [-0.39, 0.29) is 0 Å². The molecule has 0 spiro atoms. The normalized spacial score (nSPS) is 11.9. The maximum Gasteiger partial charge on any atom is 0.164 e. The highest BCUT2D eigenvalue weighted by atomic mass is 35.5. The standard InChI is InChI=1S/C16H17ClO4/c1-19-13-9-15(21-3)14(20-2)8-11(13)16(18)10-6-4-5-7-12(10)17/h4-9,16,18H,1-3H3. The lowest BCUT2D eigenvalue weighted by atomic mass is 10.00. The molecule has 1 unspecified atom stereocenters. The summed E-state index contributed by atoms with van der Waals surface area (Å²) in [4.78, 5) is 0. The fourth-order valence-electron chi connectivity index (χ4n) is 2.13. The number of methoxy groups -OCH3 is 3. The zero-order chi connectivity index (χ0) is 15.4. The van der Waals surface area contributed by atoms with Crippen molar-refractivity contribution in [2.75, 3.05) is 21.3 Å². The van der Waals surface area contributed by atoms with Gasteiger partial charge in [-0.3, -0.25) is 0 Å². The van der Waals surface area contributed by atoms with E-state index in [1.165, 1.54) is 14.2 Å². The molecule has 0 aliphatic heterocycles. The number of hydrogen-bond donors (Lipinski definition) is 1. The van der Waals surface area contributed by atoms with Crippen LogP contribution in [-0.2, 0) is 0 Å². The summed E-state index contributed by atoms with van der Waals surface area (Å²) in [5.41, 5.74) is 1.16. The summed E-state index contributed by atoms with van der Waals surface area (Å²) in [5, 5.41) is 11.1. The van der Waals surface area contributed by atoms with Gasteiger partial charge in [0.1, 0.15) is 11.9 Å². The summed E-state index contributed by atoms with van der Waals surface area (Å²) in [7, 11) is 4.61. The molecule has 0 fully saturated rings. The van der Waals surface area contributed by atoms with E-state index in [4.69, 9.17) is 25.8 Å². The molecule has 0 saturated carbocycles. The first-order chi connectivity index (χ1) is 10.1. The molecular formula is C16H17ClO4. The molecule has 5 heteroatoms. The first-order valence-electron chi connectivity index (χ1n) is 6.34. The van der Waals surface area contributed by atoms with E-state index < -0.39 is 6.10 Å². The number of aliphatic hydroxyl groups is 1. The van der Waals surface area contributed by atoms with Crippen molar-refractivity contribution in [1.82, 2.24) is 0 Å². The van der Waals surface area contributed by atoms with Crippen LogP contribution in [-0.4, -0.2) is 26.4 Å². The Balaban J connectivity index is 2.54. The van der Waals surface area contributed by atoms with E-state index in [2.05, 4.69) is 0 Å². The van der Waals surface area contributed by atoms with Crippen molar-refractivity contribution < 1.29 is 19.3 Å². The van der Waals surface area contributed by atoms with Crippen molar-refractivity contribution in [3.05, 3.63) is 52.5 Å². The first-order valence-corrected chi connectivity index (χ1v) is 6.72. The molecule has 2 rings (SSSR count). The van der Waals surface area contributed by atoms with Crippen molar-refractivity contribution in [3.63, 3.8) is 0 Å². The van der Waals surface area contributed by atoms with Gasteiger partial charge in [-0.2, -0.15) is 0 Å². The Bertz CT molecular complexity index is 628. The molecule has 1 atom stereocenters. The van der Waals surface area contributed by atoms with Crippen molar-refractivity contribution >= 4 is 11.6 Å². The molecule has 0 heterocycles. The van der Waals surface area contributed by atoms with Crippen molar-refractivity contribution in [1.29, 1.82) is 0 Å². The summed E-state index contributed by atoms with van der Waals surface area (Å²) < 4.78 is 15.8. The Morgan fingerprint density at radius 2 is 1.43 bits per heavy atom. The molecule has 0 aromatic heterocycles. The van der Waals surface area contributed by atoms with Gasteiger partial charge in [-0.05, 0) is 12.1 Å². The van der Waals surface area contributed by atoms with Gasteiger partial charge in [-0.15, -0.1) is 0 Å². The fourth-order valence-corrected chi connectivity index (χ4v) is 2.37. The average molecular weight is 309 g/mol. The van der Waals surface area contributed by atoms with Gasteiger partial charge in [-0.25, -0.2) is 0 Å². The molecule has 0 aliphatic carbocycles. The minimum atomic E-state index is -0.923. The van der Waals surface area contributed by atoms with Crippen LogP contribution in [0.3, 0.4) is 0 Å². The molecule has 0 radical (unpaired) electrons. The lowest BCUT2D eigenvalue weighted by Gasteiger charge is -2.19. The summed E-state index contributed by atoms with van der Waals surface area (Å²) >= 11 is 6.14. The lowest BCUT2D eigenvalue weighted by Crippen LogP contribution is -2.04. The smallest absolute Gasteiger partial charge is 0.164 e. The maximum absolute atomic E-state index is 10.6. The SMILES string of the molecule is COc1cc(OC)c(C(O)c2ccccc2Cl)cc1OC. The second-order valence-electron chi connectivity index (χ2n) is 4.37. The molecule has 4 nitrogen and oxygen atoms in total. The summed E-state index contributed by atoms with van der Waals surface area (Å²) in [6.45, 7) is 0. The van der Waals surface area contributed by atoms with Crippen LogP contribution in [0.1, 0.15) is 17.2 Å². The predicted molar refractivity (Wildman–Crippen MR) is 81.6 cm³/mol. The molecule has 0 saturated heterocycles. The van der Waals surface area contributed by atoms with E-state index in [0.29, 0.717) is 33.4 Å². The molecule has 21 heavy (non-hydrogen) atoms.